The maximum Gasteiger partial charge on any atom is 0.150 e. The van der Waals surface area contributed by atoms with E-state index >= 15 is 0 Å². The van der Waals surface area contributed by atoms with Gasteiger partial charge < -0.3 is 15.5 Å². The summed E-state index contributed by atoms with van der Waals surface area (Å²) in [5.41, 5.74) is 8.02. The Balaban J connectivity index is 2.20. The van der Waals surface area contributed by atoms with E-state index in [1.165, 1.54) is 12.8 Å². The minimum Gasteiger partial charge on any atom is -0.394 e. The fourth-order valence-electron chi connectivity index (χ4n) is 2.88. The molecule has 108 valence electrons. The maximum atomic E-state index is 6.23. The molecule has 0 bridgehead atoms. The van der Waals surface area contributed by atoms with Crippen LogP contribution in [0.1, 0.15) is 31.9 Å². The van der Waals surface area contributed by atoms with Crippen LogP contribution in [0, 0.1) is 6.92 Å². The van der Waals surface area contributed by atoms with Gasteiger partial charge in [-0.3, -0.25) is 0 Å². The lowest BCUT2D eigenvalue weighted by molar-refractivity contribution is 0.252. The Morgan fingerprint density at radius 3 is 2.58 bits per heavy atom. The highest BCUT2D eigenvalue weighted by molar-refractivity contribution is 5.66. The van der Waals surface area contributed by atoms with E-state index in [0.29, 0.717) is 6.04 Å². The predicted molar refractivity (Wildman–Crippen MR) is 80.6 cm³/mol. The molecular weight excluding hydrogens is 238 g/mol. The fourth-order valence-corrected chi connectivity index (χ4v) is 2.88. The quantitative estimate of drug-likeness (QED) is 0.900. The number of nitrogens with zero attached hydrogens (tertiary/aromatic N) is 4. The van der Waals surface area contributed by atoms with Crippen molar-refractivity contribution in [3.63, 3.8) is 0 Å². The predicted octanol–water partition coefficient (Wildman–Crippen LogP) is 1.71. The lowest BCUT2D eigenvalue weighted by Crippen LogP contribution is -2.42. The molecule has 1 aromatic rings. The van der Waals surface area contributed by atoms with Gasteiger partial charge in [-0.2, -0.15) is 5.10 Å². The van der Waals surface area contributed by atoms with Gasteiger partial charge in [-0.05, 0) is 46.3 Å². The molecule has 2 rings (SSSR count). The highest BCUT2D eigenvalue weighted by Crippen LogP contribution is 2.29. The van der Waals surface area contributed by atoms with Gasteiger partial charge in [0.2, 0.25) is 0 Å². The van der Waals surface area contributed by atoms with Gasteiger partial charge in [0, 0.05) is 19.6 Å². The summed E-state index contributed by atoms with van der Waals surface area (Å²) >= 11 is 0. The molecule has 0 aliphatic carbocycles. The second-order valence-corrected chi connectivity index (χ2v) is 5.69. The van der Waals surface area contributed by atoms with Crippen LogP contribution in [0.15, 0.2) is 0 Å². The molecule has 1 saturated heterocycles. The van der Waals surface area contributed by atoms with E-state index in [2.05, 4.69) is 40.6 Å². The fraction of sp³-hybridized carbons (Fsp3) is 0.786. The number of likely N-dealkylation sites (tertiary alicyclic amines) is 1. The second-order valence-electron chi connectivity index (χ2n) is 5.69. The first-order valence-corrected chi connectivity index (χ1v) is 7.28. The Bertz CT molecular complexity index is 418. The van der Waals surface area contributed by atoms with Crippen LogP contribution in [0.5, 0.6) is 0 Å². The molecule has 19 heavy (non-hydrogen) atoms. The van der Waals surface area contributed by atoms with Crippen LogP contribution >= 0.6 is 0 Å². The Kier molecular flexibility index (Phi) is 4.34. The first-order chi connectivity index (χ1) is 9.04. The van der Waals surface area contributed by atoms with E-state index in [0.717, 1.165) is 43.3 Å². The third-order valence-corrected chi connectivity index (χ3v) is 4.15. The van der Waals surface area contributed by atoms with Crippen LogP contribution < -0.4 is 10.6 Å². The molecule has 1 aliphatic rings. The summed E-state index contributed by atoms with van der Waals surface area (Å²) in [7, 11) is 4.35. The topological polar surface area (TPSA) is 50.3 Å². The van der Waals surface area contributed by atoms with E-state index in [4.69, 9.17) is 5.73 Å². The summed E-state index contributed by atoms with van der Waals surface area (Å²) in [6, 6.07) is 0.574. The van der Waals surface area contributed by atoms with Gasteiger partial charge >= 0.3 is 0 Å². The van der Waals surface area contributed by atoms with Crippen LogP contribution in [-0.2, 0) is 6.54 Å². The third-order valence-electron chi connectivity index (χ3n) is 4.15. The number of aromatic nitrogens is 2. The molecule has 2 heterocycles. The summed E-state index contributed by atoms with van der Waals surface area (Å²) in [5.74, 6) is 1.11. The maximum absolute atomic E-state index is 6.23. The van der Waals surface area contributed by atoms with Crippen molar-refractivity contribution in [1.29, 1.82) is 0 Å². The van der Waals surface area contributed by atoms with Gasteiger partial charge in [0.05, 0.1) is 11.4 Å². The summed E-state index contributed by atoms with van der Waals surface area (Å²) in [4.78, 5) is 4.74. The Morgan fingerprint density at radius 2 is 2.00 bits per heavy atom. The number of rotatable bonds is 4. The normalized spacial score (nSPS) is 17.9. The molecule has 0 amide bonds. The molecule has 5 nitrogen and oxygen atoms in total. The summed E-state index contributed by atoms with van der Waals surface area (Å²) in [6.07, 6.45) is 3.47. The van der Waals surface area contributed by atoms with Gasteiger partial charge in [0.15, 0.2) is 5.82 Å². The number of anilines is 2. The molecule has 2 N–H and O–H groups in total. The summed E-state index contributed by atoms with van der Waals surface area (Å²) in [5, 5.41) is 4.57. The van der Waals surface area contributed by atoms with Crippen molar-refractivity contribution in [2.24, 2.45) is 0 Å². The lowest BCUT2D eigenvalue weighted by atomic mass is 10.0. The smallest absolute Gasteiger partial charge is 0.150 e. The Hall–Kier alpha value is -1.23. The zero-order valence-corrected chi connectivity index (χ0v) is 12.7. The van der Waals surface area contributed by atoms with Crippen LogP contribution in [0.3, 0.4) is 0 Å². The van der Waals surface area contributed by atoms with Crippen molar-refractivity contribution in [3.05, 3.63) is 5.69 Å². The minimum atomic E-state index is 0.574. The molecule has 0 unspecified atom stereocenters. The van der Waals surface area contributed by atoms with Crippen molar-refractivity contribution in [2.75, 3.05) is 37.8 Å². The standard InChI is InChI=1S/C14H27N5/c1-5-8-19-14(13(15)11(2)16-19)18(4)12-6-9-17(3)10-7-12/h12H,5-10,15H2,1-4H3. The zero-order valence-electron chi connectivity index (χ0n) is 12.7. The van der Waals surface area contributed by atoms with Crippen molar-refractivity contribution in [3.8, 4) is 0 Å². The first-order valence-electron chi connectivity index (χ1n) is 7.28. The SMILES string of the molecule is CCCn1nc(C)c(N)c1N(C)C1CCN(C)CC1. The Labute approximate surface area is 116 Å². The van der Waals surface area contributed by atoms with E-state index in [-0.39, 0.29) is 0 Å². The van der Waals surface area contributed by atoms with Crippen molar-refractivity contribution < 1.29 is 0 Å². The van der Waals surface area contributed by atoms with Gasteiger partial charge in [-0.15, -0.1) is 0 Å². The minimum absolute atomic E-state index is 0.574. The molecule has 0 saturated carbocycles. The first kappa shape index (κ1) is 14.2. The summed E-state index contributed by atoms with van der Waals surface area (Å²) in [6.45, 7) is 7.43. The highest BCUT2D eigenvalue weighted by Gasteiger charge is 2.25. The molecule has 1 fully saturated rings. The molecule has 0 aromatic carbocycles. The molecule has 0 radical (unpaired) electrons. The molecule has 1 aromatic heterocycles. The number of piperidine rings is 1. The van der Waals surface area contributed by atoms with E-state index in [1.807, 2.05) is 6.92 Å². The van der Waals surface area contributed by atoms with E-state index < -0.39 is 0 Å². The van der Waals surface area contributed by atoms with E-state index in [1.54, 1.807) is 0 Å². The van der Waals surface area contributed by atoms with Gasteiger partial charge in [0.1, 0.15) is 0 Å². The molecular formula is C14H27N5. The van der Waals surface area contributed by atoms with Crippen molar-refractivity contribution >= 4 is 11.5 Å². The van der Waals surface area contributed by atoms with Crippen LogP contribution in [0.25, 0.3) is 0 Å². The number of hydrogen-bond acceptors (Lipinski definition) is 4. The molecule has 1 aliphatic heterocycles. The number of aryl methyl sites for hydroxylation is 2. The number of nitrogen functional groups attached to an aromatic ring is 1. The molecule has 0 atom stereocenters. The van der Waals surface area contributed by atoms with Crippen LogP contribution in [-0.4, -0.2) is 47.9 Å². The zero-order chi connectivity index (χ0) is 14.0. The largest absolute Gasteiger partial charge is 0.394 e. The number of nitrogens with two attached hydrogens (primary N) is 1. The monoisotopic (exact) mass is 265 g/mol. The van der Waals surface area contributed by atoms with Gasteiger partial charge in [0.25, 0.3) is 0 Å². The van der Waals surface area contributed by atoms with Crippen LogP contribution in [0.2, 0.25) is 0 Å². The van der Waals surface area contributed by atoms with Crippen molar-refractivity contribution in [2.45, 2.75) is 45.7 Å². The molecule has 5 heteroatoms. The van der Waals surface area contributed by atoms with Gasteiger partial charge in [-0.1, -0.05) is 6.92 Å². The van der Waals surface area contributed by atoms with E-state index in [9.17, 15) is 0 Å². The van der Waals surface area contributed by atoms with Gasteiger partial charge in [-0.25, -0.2) is 4.68 Å². The average molecular weight is 265 g/mol. The second kappa shape index (κ2) is 5.82. The lowest BCUT2D eigenvalue weighted by Gasteiger charge is -2.36. The van der Waals surface area contributed by atoms with Crippen LogP contribution in [0.4, 0.5) is 11.5 Å². The number of hydrogen-bond donors (Lipinski definition) is 1. The highest BCUT2D eigenvalue weighted by atomic mass is 15.4. The average Bonchev–Trinajstić information content (AvgIpc) is 2.66. The molecule has 0 spiro atoms. The van der Waals surface area contributed by atoms with Crippen molar-refractivity contribution in [1.82, 2.24) is 14.7 Å². The Morgan fingerprint density at radius 1 is 1.37 bits per heavy atom. The third kappa shape index (κ3) is 2.86. The summed E-state index contributed by atoms with van der Waals surface area (Å²) < 4.78 is 2.07.